The maximum Gasteiger partial charge on any atom is 0.358 e. The van der Waals surface area contributed by atoms with Gasteiger partial charge in [-0.2, -0.15) is 4.68 Å². The highest BCUT2D eigenvalue weighted by Gasteiger charge is 2.27. The van der Waals surface area contributed by atoms with Crippen molar-refractivity contribution < 1.29 is 14.3 Å². The predicted octanol–water partition coefficient (Wildman–Crippen LogP) is 3.17. The molecule has 0 radical (unpaired) electrons. The van der Waals surface area contributed by atoms with E-state index in [1.807, 2.05) is 47.8 Å². The van der Waals surface area contributed by atoms with Gasteiger partial charge in [-0.1, -0.05) is 66.7 Å². The van der Waals surface area contributed by atoms with Gasteiger partial charge in [0, 0.05) is 16.0 Å². The number of hydrogen-bond donors (Lipinski definition) is 1. The van der Waals surface area contributed by atoms with E-state index in [2.05, 4.69) is 15.5 Å². The van der Waals surface area contributed by atoms with Gasteiger partial charge in [-0.3, -0.25) is 4.79 Å². The van der Waals surface area contributed by atoms with Gasteiger partial charge < -0.3 is 10.5 Å². The molecule has 4 aromatic rings. The number of esters is 1. The first kappa shape index (κ1) is 20.2. The average Bonchev–Trinajstić information content (AvgIpc) is 3.48. The smallest absolute Gasteiger partial charge is 0.358 e. The van der Waals surface area contributed by atoms with Crippen LogP contribution in [0.2, 0.25) is 0 Å². The molecular formula is C22H17N5O3S. The molecule has 0 bridgehead atoms. The fourth-order valence-electron chi connectivity index (χ4n) is 2.92. The fourth-order valence-corrected chi connectivity index (χ4v) is 3.57. The molecule has 154 valence electrons. The van der Waals surface area contributed by atoms with Crippen LogP contribution in [-0.4, -0.2) is 32.1 Å². The summed E-state index contributed by atoms with van der Waals surface area (Å²) in [6.07, 6.45) is 0.357. The molecule has 1 atom stereocenters. The summed E-state index contributed by atoms with van der Waals surface area (Å²) in [5.74, 6) is -1.21. The molecule has 0 aliphatic heterocycles. The monoisotopic (exact) mass is 431 g/mol. The second-order valence-electron chi connectivity index (χ2n) is 6.42. The van der Waals surface area contributed by atoms with Crippen LogP contribution in [0.15, 0.2) is 78.2 Å². The van der Waals surface area contributed by atoms with Gasteiger partial charge in [-0.15, -0.1) is 16.4 Å². The zero-order valence-electron chi connectivity index (χ0n) is 16.2. The molecule has 2 aromatic carbocycles. The van der Waals surface area contributed by atoms with Gasteiger partial charge in [-0.25, -0.2) is 4.79 Å². The Labute approximate surface area is 181 Å². The van der Waals surface area contributed by atoms with Crippen molar-refractivity contribution in [3.05, 3.63) is 88.6 Å². The quantitative estimate of drug-likeness (QED) is 0.355. The lowest BCUT2D eigenvalue weighted by atomic mass is 10.1. The molecule has 1 unspecified atom stereocenters. The fraction of sp³-hybridized carbons (Fsp3) is 0.0455. The molecule has 0 spiro atoms. The number of rotatable bonds is 7. The van der Waals surface area contributed by atoms with E-state index in [1.54, 1.807) is 36.4 Å². The number of ether oxygens (including phenoxy) is 1. The molecule has 0 saturated carbocycles. The summed E-state index contributed by atoms with van der Waals surface area (Å²) >= 11 is 1.43. The standard InChI is InChI=1S/C22H17N5O3S/c23-20(28)19(15-8-3-1-4-9-15)30-22(29)18(14-17-12-7-13-31-17)27-21(24-25-26-27)16-10-5-2-6-11-16/h1-14,19H,(H2,23,28)/b18-14-. The van der Waals surface area contributed by atoms with Gasteiger partial charge in [0.2, 0.25) is 6.10 Å². The van der Waals surface area contributed by atoms with Gasteiger partial charge in [-0.05, 0) is 27.9 Å². The maximum atomic E-state index is 13.2. The molecule has 4 rings (SSSR count). The van der Waals surface area contributed by atoms with E-state index >= 15 is 0 Å². The third-order valence-electron chi connectivity index (χ3n) is 4.35. The Morgan fingerprint density at radius 3 is 2.35 bits per heavy atom. The SMILES string of the molecule is NC(=O)C(OC(=O)/C(=C/c1cccs1)n1nnnc1-c1ccccc1)c1ccccc1. The topological polar surface area (TPSA) is 113 Å². The van der Waals surface area contributed by atoms with Crippen LogP contribution in [0.1, 0.15) is 16.5 Å². The van der Waals surface area contributed by atoms with E-state index in [0.717, 1.165) is 4.88 Å². The van der Waals surface area contributed by atoms with Crippen molar-refractivity contribution in [1.82, 2.24) is 20.2 Å². The minimum Gasteiger partial charge on any atom is -0.443 e. The molecule has 0 aliphatic rings. The molecule has 9 heteroatoms. The van der Waals surface area contributed by atoms with E-state index in [-0.39, 0.29) is 5.70 Å². The van der Waals surface area contributed by atoms with Crippen molar-refractivity contribution in [2.24, 2.45) is 5.73 Å². The van der Waals surface area contributed by atoms with Gasteiger partial charge in [0.1, 0.15) is 0 Å². The van der Waals surface area contributed by atoms with Gasteiger partial charge in [0.05, 0.1) is 0 Å². The van der Waals surface area contributed by atoms with Crippen molar-refractivity contribution in [3.8, 4) is 11.4 Å². The first-order chi connectivity index (χ1) is 15.1. The van der Waals surface area contributed by atoms with Crippen molar-refractivity contribution >= 4 is 35.0 Å². The highest BCUT2D eigenvalue weighted by atomic mass is 32.1. The van der Waals surface area contributed by atoms with Crippen molar-refractivity contribution in [2.45, 2.75) is 6.10 Å². The van der Waals surface area contributed by atoms with E-state index in [1.165, 1.54) is 16.0 Å². The van der Waals surface area contributed by atoms with E-state index < -0.39 is 18.0 Å². The van der Waals surface area contributed by atoms with Gasteiger partial charge >= 0.3 is 5.97 Å². The Bertz CT molecular complexity index is 1200. The molecule has 8 nitrogen and oxygen atoms in total. The Balaban J connectivity index is 1.74. The number of carbonyl (C=O) groups is 2. The Kier molecular flexibility index (Phi) is 5.95. The predicted molar refractivity (Wildman–Crippen MR) is 116 cm³/mol. The molecule has 2 heterocycles. The number of amides is 1. The first-order valence-electron chi connectivity index (χ1n) is 9.28. The summed E-state index contributed by atoms with van der Waals surface area (Å²) in [5, 5.41) is 13.7. The Morgan fingerprint density at radius 1 is 1.00 bits per heavy atom. The molecule has 1 amide bonds. The van der Waals surface area contributed by atoms with E-state index in [0.29, 0.717) is 17.0 Å². The van der Waals surface area contributed by atoms with Crippen LogP contribution >= 0.6 is 11.3 Å². The summed E-state index contributed by atoms with van der Waals surface area (Å²) in [6, 6.07) is 21.5. The highest BCUT2D eigenvalue weighted by molar-refractivity contribution is 7.10. The minimum atomic E-state index is -1.25. The van der Waals surface area contributed by atoms with Crippen LogP contribution in [0.4, 0.5) is 0 Å². The lowest BCUT2D eigenvalue weighted by Gasteiger charge is -2.16. The highest BCUT2D eigenvalue weighted by Crippen LogP contribution is 2.25. The summed E-state index contributed by atoms with van der Waals surface area (Å²) in [4.78, 5) is 26.0. The second kappa shape index (κ2) is 9.14. The lowest BCUT2D eigenvalue weighted by molar-refractivity contribution is -0.150. The number of nitrogens with two attached hydrogens (primary N) is 1. The van der Waals surface area contributed by atoms with Crippen LogP contribution in [0.3, 0.4) is 0 Å². The molecule has 2 aromatic heterocycles. The number of benzene rings is 2. The van der Waals surface area contributed by atoms with Gasteiger partial charge in [0.25, 0.3) is 5.91 Å². The molecule has 0 saturated heterocycles. The number of primary amides is 1. The van der Waals surface area contributed by atoms with Crippen LogP contribution in [0, 0.1) is 0 Å². The number of thiophene rings is 1. The number of tetrazole rings is 1. The first-order valence-corrected chi connectivity index (χ1v) is 10.2. The summed E-state index contributed by atoms with van der Waals surface area (Å²) in [6.45, 7) is 0. The zero-order chi connectivity index (χ0) is 21.6. The molecule has 0 aliphatic carbocycles. The summed E-state index contributed by atoms with van der Waals surface area (Å²) in [7, 11) is 0. The number of hydrogen-bond acceptors (Lipinski definition) is 7. The van der Waals surface area contributed by atoms with Crippen molar-refractivity contribution in [2.75, 3.05) is 0 Å². The van der Waals surface area contributed by atoms with Crippen LogP contribution in [0.5, 0.6) is 0 Å². The van der Waals surface area contributed by atoms with Crippen LogP contribution in [0.25, 0.3) is 23.2 Å². The summed E-state index contributed by atoms with van der Waals surface area (Å²) < 4.78 is 6.82. The summed E-state index contributed by atoms with van der Waals surface area (Å²) in [5.41, 5.74) is 6.75. The largest absolute Gasteiger partial charge is 0.443 e. The molecule has 0 fully saturated rings. The van der Waals surface area contributed by atoms with E-state index in [9.17, 15) is 9.59 Å². The van der Waals surface area contributed by atoms with Crippen LogP contribution < -0.4 is 5.73 Å². The Hall–Kier alpha value is -4.11. The molecular weight excluding hydrogens is 414 g/mol. The minimum absolute atomic E-state index is 0.0495. The maximum absolute atomic E-state index is 13.2. The van der Waals surface area contributed by atoms with Crippen LogP contribution in [-0.2, 0) is 14.3 Å². The molecule has 31 heavy (non-hydrogen) atoms. The average molecular weight is 431 g/mol. The lowest BCUT2D eigenvalue weighted by Crippen LogP contribution is -2.27. The Morgan fingerprint density at radius 2 is 1.71 bits per heavy atom. The second-order valence-corrected chi connectivity index (χ2v) is 7.40. The zero-order valence-corrected chi connectivity index (χ0v) is 17.0. The number of carbonyl (C=O) groups excluding carboxylic acids is 2. The third-order valence-corrected chi connectivity index (χ3v) is 5.17. The van der Waals surface area contributed by atoms with E-state index in [4.69, 9.17) is 10.5 Å². The number of nitrogens with zero attached hydrogens (tertiary/aromatic N) is 4. The normalized spacial score (nSPS) is 12.3. The van der Waals surface area contributed by atoms with Crippen molar-refractivity contribution in [1.29, 1.82) is 0 Å². The van der Waals surface area contributed by atoms with Gasteiger partial charge in [0.15, 0.2) is 11.5 Å². The number of aromatic nitrogens is 4. The molecule has 2 N–H and O–H groups in total. The van der Waals surface area contributed by atoms with Crippen molar-refractivity contribution in [3.63, 3.8) is 0 Å². The third kappa shape index (κ3) is 4.57.